The molecule has 0 aromatic carbocycles. The van der Waals surface area contributed by atoms with E-state index in [0.717, 1.165) is 12.3 Å². The van der Waals surface area contributed by atoms with Gasteiger partial charge in [-0.05, 0) is 12.1 Å². The van der Waals surface area contributed by atoms with E-state index in [1.165, 1.54) is 24.0 Å². The Morgan fingerprint density at radius 1 is 1.33 bits per heavy atom. The molecule has 2 heterocycles. The van der Waals surface area contributed by atoms with E-state index >= 15 is 0 Å². The van der Waals surface area contributed by atoms with Crippen molar-refractivity contribution in [3.8, 4) is 0 Å². The van der Waals surface area contributed by atoms with Gasteiger partial charge in [-0.1, -0.05) is 0 Å². The third-order valence-corrected chi connectivity index (χ3v) is 4.57. The summed E-state index contributed by atoms with van der Waals surface area (Å²) in [7, 11) is -2.52. The summed E-state index contributed by atoms with van der Waals surface area (Å²) in [6.07, 6.45) is -2.31. The van der Waals surface area contributed by atoms with Crippen LogP contribution in [-0.2, 0) is 21.9 Å². The summed E-state index contributed by atoms with van der Waals surface area (Å²) in [6, 6.07) is -1.02. The number of nitrogens with zero attached hydrogens (tertiary/aromatic N) is 3. The van der Waals surface area contributed by atoms with Crippen molar-refractivity contribution >= 4 is 27.5 Å². The number of hydrogen-bond donors (Lipinski definition) is 2. The first-order valence-corrected chi connectivity index (χ1v) is 9.40. The average Bonchev–Trinajstić information content (AvgIpc) is 2.94. The van der Waals surface area contributed by atoms with Crippen LogP contribution in [0.25, 0.3) is 5.57 Å². The van der Waals surface area contributed by atoms with Gasteiger partial charge in [-0.2, -0.15) is 23.3 Å². The monoisotopic (exact) mass is 405 g/mol. The number of rotatable bonds is 3. The van der Waals surface area contributed by atoms with Gasteiger partial charge in [0, 0.05) is 36.4 Å². The molecule has 2 aliphatic rings. The lowest BCUT2D eigenvalue weighted by Gasteiger charge is -2.36. The van der Waals surface area contributed by atoms with Crippen LogP contribution in [0, 0.1) is 0 Å². The van der Waals surface area contributed by atoms with Crippen molar-refractivity contribution in [1.29, 1.82) is 0 Å². The van der Waals surface area contributed by atoms with Crippen molar-refractivity contribution in [2.24, 2.45) is 7.05 Å². The minimum Gasteiger partial charge on any atom is -0.329 e. The fourth-order valence-corrected chi connectivity index (χ4v) is 3.42. The molecule has 0 spiro atoms. The van der Waals surface area contributed by atoms with E-state index in [2.05, 4.69) is 10.4 Å². The van der Waals surface area contributed by atoms with Crippen LogP contribution in [-0.4, -0.2) is 53.6 Å². The minimum atomic E-state index is -4.70. The van der Waals surface area contributed by atoms with Crippen molar-refractivity contribution in [3.63, 3.8) is 0 Å². The van der Waals surface area contributed by atoms with Gasteiger partial charge < -0.3 is 5.32 Å². The maximum Gasteiger partial charge on any atom is 0.413 e. The maximum atomic E-state index is 13.6. The molecule has 9 nitrogen and oxygen atoms in total. The first-order valence-electron chi connectivity index (χ1n) is 7.51. The predicted octanol–water partition coefficient (Wildman–Crippen LogP) is 0.451. The molecule has 0 saturated carbocycles. The summed E-state index contributed by atoms with van der Waals surface area (Å²) in [5.41, 5.74) is -1.23. The van der Waals surface area contributed by atoms with Crippen molar-refractivity contribution in [1.82, 2.24) is 24.9 Å². The number of fused-ring (bicyclic) bond motifs is 1. The fourth-order valence-electron chi connectivity index (χ4n) is 2.93. The molecular weight excluding hydrogens is 391 g/mol. The summed E-state index contributed by atoms with van der Waals surface area (Å²) < 4.78 is 64.6. The normalized spacial score (nSPS) is 21.1. The van der Waals surface area contributed by atoms with E-state index in [4.69, 9.17) is 0 Å². The first kappa shape index (κ1) is 19.1. The molecule has 3 rings (SSSR count). The topological polar surface area (TPSA) is 113 Å². The second-order valence-electron chi connectivity index (χ2n) is 6.04. The van der Waals surface area contributed by atoms with Crippen LogP contribution in [0.1, 0.15) is 12.1 Å². The first-order chi connectivity index (χ1) is 12.4. The summed E-state index contributed by atoms with van der Waals surface area (Å²) >= 11 is 0. The predicted molar refractivity (Wildman–Crippen MR) is 86.0 cm³/mol. The molecule has 1 aliphatic carbocycles. The van der Waals surface area contributed by atoms with Crippen LogP contribution in [0.3, 0.4) is 0 Å². The molecule has 3 amide bonds. The maximum absolute atomic E-state index is 13.6. The molecule has 1 aliphatic heterocycles. The summed E-state index contributed by atoms with van der Waals surface area (Å²) in [5, 5.41) is 6.27. The zero-order valence-electron chi connectivity index (χ0n) is 14.0. The molecule has 1 fully saturated rings. The van der Waals surface area contributed by atoms with Gasteiger partial charge >= 0.3 is 12.2 Å². The second kappa shape index (κ2) is 6.20. The molecule has 1 aromatic heterocycles. The van der Waals surface area contributed by atoms with Gasteiger partial charge in [0.05, 0.1) is 18.0 Å². The van der Waals surface area contributed by atoms with Gasteiger partial charge in [0.25, 0.3) is 5.91 Å². The highest BCUT2D eigenvalue weighted by Gasteiger charge is 2.46. The quantitative estimate of drug-likeness (QED) is 0.758. The van der Waals surface area contributed by atoms with E-state index in [9.17, 15) is 31.2 Å². The van der Waals surface area contributed by atoms with Gasteiger partial charge in [-0.3, -0.25) is 9.48 Å². The number of imide groups is 1. The highest BCUT2D eigenvalue weighted by atomic mass is 32.2. The Morgan fingerprint density at radius 2 is 2.00 bits per heavy atom. The van der Waals surface area contributed by atoms with E-state index < -0.39 is 46.2 Å². The summed E-state index contributed by atoms with van der Waals surface area (Å²) in [6.45, 7) is 0. The van der Waals surface area contributed by atoms with Gasteiger partial charge in [-0.25, -0.2) is 13.2 Å². The molecule has 13 heteroatoms. The molecular formula is C14H14F3N5O4S. The van der Waals surface area contributed by atoms with Crippen molar-refractivity contribution in [2.75, 3.05) is 6.26 Å². The van der Waals surface area contributed by atoms with E-state index in [1.807, 2.05) is 0 Å². The van der Waals surface area contributed by atoms with E-state index in [-0.39, 0.29) is 21.8 Å². The summed E-state index contributed by atoms with van der Waals surface area (Å²) in [5.74, 6) is -1.05. The molecule has 1 aromatic rings. The number of aryl methyl sites for hydroxylation is 1. The lowest BCUT2D eigenvalue weighted by atomic mass is 9.85. The highest BCUT2D eigenvalue weighted by molar-refractivity contribution is 7.88. The van der Waals surface area contributed by atoms with Crippen molar-refractivity contribution < 1.29 is 31.2 Å². The fraction of sp³-hybridized carbons (Fsp3) is 0.357. The Kier molecular flexibility index (Phi) is 4.38. The number of nitrogens with one attached hydrogen (secondary N) is 2. The third kappa shape index (κ3) is 3.60. The number of hydrazine groups is 1. The van der Waals surface area contributed by atoms with Crippen LogP contribution < -0.4 is 10.1 Å². The number of carbonyl (C=O) groups excluding carboxylic acids is 2. The lowest BCUT2D eigenvalue weighted by Crippen LogP contribution is -2.62. The van der Waals surface area contributed by atoms with Crippen LogP contribution in [0.4, 0.5) is 18.0 Å². The van der Waals surface area contributed by atoms with Gasteiger partial charge in [0.2, 0.25) is 10.0 Å². The van der Waals surface area contributed by atoms with Crippen LogP contribution in [0.5, 0.6) is 0 Å². The Labute approximate surface area is 151 Å². The van der Waals surface area contributed by atoms with Crippen molar-refractivity contribution in [2.45, 2.75) is 18.6 Å². The zero-order chi connectivity index (χ0) is 20.1. The number of urea groups is 1. The molecule has 0 bridgehead atoms. The number of allylic oxidation sites excluding steroid dienone is 2. The highest BCUT2D eigenvalue weighted by Crippen LogP contribution is 2.41. The number of aromatic nitrogens is 2. The third-order valence-electron chi connectivity index (χ3n) is 4.06. The SMILES string of the molecule is Cn1nccc1C1=C(C(F)(F)F)CC2NC(=O)N(NS(C)(=O)=O)C(=O)C2=C1. The van der Waals surface area contributed by atoms with Crippen LogP contribution in [0.15, 0.2) is 29.5 Å². The van der Waals surface area contributed by atoms with E-state index in [1.54, 1.807) is 4.83 Å². The standard InChI is InChI=1S/C14H14F3N5O4S/c1-21-11(3-4-18-21)7-5-8-10(6-9(7)14(15,16)17)19-13(24)22(12(8)23)20-27(2,25)26/h3-5,10,20H,6H2,1-2H3,(H,19,24). The molecule has 146 valence electrons. The molecule has 2 N–H and O–H groups in total. The Morgan fingerprint density at radius 3 is 2.52 bits per heavy atom. The number of hydrogen-bond acceptors (Lipinski definition) is 5. The number of halogens is 3. The molecule has 1 saturated heterocycles. The number of sulfonamides is 1. The minimum absolute atomic E-state index is 0.126. The van der Waals surface area contributed by atoms with Crippen LogP contribution in [0.2, 0.25) is 0 Å². The number of carbonyl (C=O) groups is 2. The molecule has 27 heavy (non-hydrogen) atoms. The molecule has 1 atom stereocenters. The Balaban J connectivity index is 2.12. The van der Waals surface area contributed by atoms with Gasteiger partial charge in [0.15, 0.2) is 0 Å². The van der Waals surface area contributed by atoms with E-state index in [0.29, 0.717) is 0 Å². The lowest BCUT2D eigenvalue weighted by molar-refractivity contribution is -0.127. The Bertz CT molecular complexity index is 993. The van der Waals surface area contributed by atoms with Crippen molar-refractivity contribution in [3.05, 3.63) is 35.2 Å². The largest absolute Gasteiger partial charge is 0.413 e. The summed E-state index contributed by atoms with van der Waals surface area (Å²) in [4.78, 5) is 26.3. The molecule has 0 radical (unpaired) electrons. The van der Waals surface area contributed by atoms with Crippen LogP contribution >= 0.6 is 0 Å². The Hall–Kier alpha value is -2.67. The average molecular weight is 405 g/mol. The smallest absolute Gasteiger partial charge is 0.329 e. The second-order valence-corrected chi connectivity index (χ2v) is 7.77. The number of amides is 3. The van der Waals surface area contributed by atoms with Gasteiger partial charge in [-0.15, -0.1) is 4.83 Å². The number of alkyl halides is 3. The zero-order valence-corrected chi connectivity index (χ0v) is 14.8. The van der Waals surface area contributed by atoms with Gasteiger partial charge in [0.1, 0.15) is 0 Å². The molecule has 1 unspecified atom stereocenters.